The average molecular weight is 372 g/mol. The van der Waals surface area contributed by atoms with E-state index in [2.05, 4.69) is 17.1 Å². The number of phenolic OH excluding ortho intramolecular Hbond substituents is 1. The number of benzene rings is 2. The second-order valence-electron chi connectivity index (χ2n) is 6.72. The lowest BCUT2D eigenvalue weighted by molar-refractivity contribution is -0.679. The Hall–Kier alpha value is -3.80. The highest BCUT2D eigenvalue weighted by Crippen LogP contribution is 2.48. The molecule has 1 atom stereocenters. The molecule has 3 N–H and O–H groups in total. The number of nitrogens with zero attached hydrogens (tertiary/aromatic N) is 2. The molecule has 0 amide bonds. The molecule has 3 heterocycles. The van der Waals surface area contributed by atoms with Gasteiger partial charge in [-0.05, 0) is 23.8 Å². The van der Waals surface area contributed by atoms with Crippen molar-refractivity contribution in [1.82, 2.24) is 4.98 Å². The van der Waals surface area contributed by atoms with Crippen molar-refractivity contribution in [2.45, 2.75) is 12.5 Å². The maximum absolute atomic E-state index is 9.90. The van der Waals surface area contributed by atoms with Crippen LogP contribution in [0.2, 0.25) is 0 Å². The summed E-state index contributed by atoms with van der Waals surface area (Å²) in [5, 5.41) is 9.90. The molecule has 0 unspecified atom stereocenters. The van der Waals surface area contributed by atoms with E-state index in [9.17, 15) is 5.11 Å². The number of anilines is 1. The Morgan fingerprint density at radius 3 is 2.71 bits per heavy atom. The minimum Gasteiger partial charge on any atom is -0.508 e. The first-order valence-electron chi connectivity index (χ1n) is 8.96. The molecule has 2 aromatic carbocycles. The number of aromatic nitrogens is 2. The van der Waals surface area contributed by atoms with Gasteiger partial charge in [0.2, 0.25) is 12.1 Å². The molecule has 0 radical (unpaired) electrons. The van der Waals surface area contributed by atoms with Gasteiger partial charge in [0.15, 0.2) is 0 Å². The number of phenols is 1. The summed E-state index contributed by atoms with van der Waals surface area (Å²) in [6.45, 7) is 0.475. The Kier molecular flexibility index (Phi) is 3.76. The van der Waals surface area contributed by atoms with Crippen molar-refractivity contribution in [2.75, 3.05) is 5.73 Å². The number of aromatic hydroxyl groups is 1. The fraction of sp³-hybridized carbons (Fsp3) is 0.0909. The molecule has 6 nitrogen and oxygen atoms in total. The number of ether oxygens (including phenoxy) is 1. The van der Waals surface area contributed by atoms with Crippen molar-refractivity contribution in [2.24, 2.45) is 0 Å². The molecule has 28 heavy (non-hydrogen) atoms. The van der Waals surface area contributed by atoms with Gasteiger partial charge in [-0.25, -0.2) is 4.57 Å². The molecule has 0 aliphatic carbocycles. The smallest absolute Gasteiger partial charge is 0.306 e. The molecular formula is C22H18N3O3+. The largest absolute Gasteiger partial charge is 0.508 e. The molecule has 138 valence electrons. The summed E-state index contributed by atoms with van der Waals surface area (Å²) in [4.78, 5) is 4.50. The molecule has 1 aliphatic rings. The van der Waals surface area contributed by atoms with E-state index in [1.807, 2.05) is 41.0 Å². The molecule has 4 aromatic rings. The number of rotatable bonds is 3. The summed E-state index contributed by atoms with van der Waals surface area (Å²) >= 11 is 0. The highest BCUT2D eigenvalue weighted by molar-refractivity contribution is 5.62. The Morgan fingerprint density at radius 2 is 1.93 bits per heavy atom. The van der Waals surface area contributed by atoms with Gasteiger partial charge in [-0.3, -0.25) is 0 Å². The number of nitrogens with two attached hydrogens (primary N) is 1. The number of hydrogen-bond donors (Lipinski definition) is 2. The summed E-state index contributed by atoms with van der Waals surface area (Å²) in [5.74, 6) is 2.37. The third-order valence-corrected chi connectivity index (χ3v) is 4.97. The van der Waals surface area contributed by atoms with Gasteiger partial charge in [-0.15, -0.1) is 0 Å². The van der Waals surface area contributed by atoms with E-state index >= 15 is 0 Å². The Balaban J connectivity index is 1.70. The molecule has 0 saturated heterocycles. The average Bonchev–Trinajstić information content (AvgIpc) is 3.22. The standard InChI is InChI=1S/C22H17N3O3/c23-21-20-19(14-5-2-1-3-6-14)17-9-8-15(26)11-18(17)28-22(20)24-13-25(21)12-16-7-4-10-27-16/h1-11,13,19,23,26H,12H2/p+1/t19-/m1/s1. The molecule has 2 aromatic heterocycles. The van der Waals surface area contributed by atoms with Gasteiger partial charge in [-0.1, -0.05) is 41.4 Å². The SMILES string of the molecule is Nc1c2c(nc[n+]1Cc1ccco1)Oc1cc(O)ccc1[C@H]2c1ccccc1. The summed E-state index contributed by atoms with van der Waals surface area (Å²) in [6, 6.07) is 19.0. The number of furan rings is 1. The zero-order valence-electron chi connectivity index (χ0n) is 14.9. The maximum Gasteiger partial charge on any atom is 0.306 e. The maximum atomic E-state index is 9.90. The predicted octanol–water partition coefficient (Wildman–Crippen LogP) is 3.58. The van der Waals surface area contributed by atoms with Gasteiger partial charge >= 0.3 is 5.88 Å². The number of fused-ring (bicyclic) bond motifs is 2. The van der Waals surface area contributed by atoms with Crippen LogP contribution in [0.4, 0.5) is 5.82 Å². The molecule has 0 saturated carbocycles. The Labute approximate surface area is 161 Å². The normalized spacial score (nSPS) is 14.8. The lowest BCUT2D eigenvalue weighted by Crippen LogP contribution is -2.40. The lowest BCUT2D eigenvalue weighted by atomic mass is 9.83. The van der Waals surface area contributed by atoms with Gasteiger partial charge < -0.3 is 20.0 Å². The molecule has 0 bridgehead atoms. The van der Waals surface area contributed by atoms with Crippen molar-refractivity contribution in [3.8, 4) is 17.4 Å². The van der Waals surface area contributed by atoms with Crippen LogP contribution in [0, 0.1) is 0 Å². The third kappa shape index (κ3) is 2.66. The van der Waals surface area contributed by atoms with E-state index in [0.29, 0.717) is 24.0 Å². The summed E-state index contributed by atoms with van der Waals surface area (Å²) < 4.78 is 13.3. The molecular weight excluding hydrogens is 354 g/mol. The second kappa shape index (κ2) is 6.42. The van der Waals surface area contributed by atoms with E-state index in [4.69, 9.17) is 14.9 Å². The van der Waals surface area contributed by atoms with Crippen LogP contribution in [-0.4, -0.2) is 10.1 Å². The first-order chi connectivity index (χ1) is 13.7. The van der Waals surface area contributed by atoms with Crippen molar-refractivity contribution in [1.29, 1.82) is 0 Å². The van der Waals surface area contributed by atoms with Crippen LogP contribution in [0.3, 0.4) is 0 Å². The second-order valence-corrected chi connectivity index (χ2v) is 6.72. The van der Waals surface area contributed by atoms with Crippen LogP contribution in [0.15, 0.2) is 77.7 Å². The van der Waals surface area contributed by atoms with Crippen LogP contribution in [0.25, 0.3) is 0 Å². The van der Waals surface area contributed by atoms with Crippen molar-refractivity contribution in [3.63, 3.8) is 0 Å². The molecule has 0 spiro atoms. The summed E-state index contributed by atoms with van der Waals surface area (Å²) in [7, 11) is 0. The van der Waals surface area contributed by atoms with Crippen LogP contribution >= 0.6 is 0 Å². The zero-order chi connectivity index (χ0) is 19.1. The van der Waals surface area contributed by atoms with Gasteiger partial charge in [-0.2, -0.15) is 0 Å². The van der Waals surface area contributed by atoms with Crippen molar-refractivity contribution >= 4 is 5.82 Å². The first-order valence-corrected chi connectivity index (χ1v) is 8.96. The lowest BCUT2D eigenvalue weighted by Gasteiger charge is -2.27. The molecule has 5 rings (SSSR count). The van der Waals surface area contributed by atoms with Gasteiger partial charge in [0, 0.05) is 11.6 Å². The molecule has 6 heteroatoms. The highest BCUT2D eigenvalue weighted by Gasteiger charge is 2.36. The first kappa shape index (κ1) is 16.4. The molecule has 1 aliphatic heterocycles. The number of hydrogen-bond acceptors (Lipinski definition) is 5. The predicted molar refractivity (Wildman–Crippen MR) is 102 cm³/mol. The topological polar surface area (TPSA) is 85.4 Å². The highest BCUT2D eigenvalue weighted by atomic mass is 16.5. The van der Waals surface area contributed by atoms with Crippen LogP contribution in [0.5, 0.6) is 17.4 Å². The van der Waals surface area contributed by atoms with Crippen LogP contribution < -0.4 is 15.0 Å². The van der Waals surface area contributed by atoms with Gasteiger partial charge in [0.1, 0.15) is 29.4 Å². The van der Waals surface area contributed by atoms with E-state index in [0.717, 1.165) is 22.5 Å². The fourth-order valence-electron chi connectivity index (χ4n) is 3.67. The Bertz CT molecular complexity index is 1140. The van der Waals surface area contributed by atoms with E-state index < -0.39 is 0 Å². The quantitative estimate of drug-likeness (QED) is 0.473. The zero-order valence-corrected chi connectivity index (χ0v) is 14.9. The van der Waals surface area contributed by atoms with E-state index in [1.54, 1.807) is 24.7 Å². The number of nitrogen functional groups attached to an aromatic ring is 1. The summed E-state index contributed by atoms with van der Waals surface area (Å²) in [6.07, 6.45) is 3.28. The fourth-order valence-corrected chi connectivity index (χ4v) is 3.67. The van der Waals surface area contributed by atoms with Crippen LogP contribution in [-0.2, 0) is 6.54 Å². The summed E-state index contributed by atoms with van der Waals surface area (Å²) in [5.41, 5.74) is 9.40. The Morgan fingerprint density at radius 1 is 1.07 bits per heavy atom. The molecule has 0 fully saturated rings. The van der Waals surface area contributed by atoms with E-state index in [1.165, 1.54) is 0 Å². The van der Waals surface area contributed by atoms with E-state index in [-0.39, 0.29) is 11.7 Å². The minimum atomic E-state index is -0.155. The third-order valence-electron chi connectivity index (χ3n) is 4.97. The van der Waals surface area contributed by atoms with Gasteiger partial charge in [0.25, 0.3) is 0 Å². The monoisotopic (exact) mass is 372 g/mol. The van der Waals surface area contributed by atoms with Crippen molar-refractivity contribution < 1.29 is 18.8 Å². The van der Waals surface area contributed by atoms with Crippen LogP contribution in [0.1, 0.15) is 28.4 Å². The van der Waals surface area contributed by atoms with Crippen molar-refractivity contribution in [3.05, 3.63) is 95.7 Å². The minimum absolute atomic E-state index is 0.144. The van der Waals surface area contributed by atoms with Gasteiger partial charge in [0.05, 0.1) is 12.2 Å².